The van der Waals surface area contributed by atoms with Crippen molar-refractivity contribution < 1.29 is 9.90 Å². The zero-order chi connectivity index (χ0) is 17.2. The van der Waals surface area contributed by atoms with Crippen LogP contribution >= 0.6 is 11.6 Å². The second-order valence-electron chi connectivity index (χ2n) is 9.10. The summed E-state index contributed by atoms with van der Waals surface area (Å²) in [6.45, 7) is 0. The molecule has 0 spiro atoms. The molecule has 6 atom stereocenters. The summed E-state index contributed by atoms with van der Waals surface area (Å²) in [6.07, 6.45) is 6.67. The molecule has 25 heavy (non-hydrogen) atoms. The van der Waals surface area contributed by atoms with Crippen molar-refractivity contribution in [2.75, 3.05) is 0 Å². The van der Waals surface area contributed by atoms with Crippen LogP contribution in [0.5, 0.6) is 0 Å². The zero-order valence-electron chi connectivity index (χ0n) is 14.5. The molecule has 0 saturated heterocycles. The minimum absolute atomic E-state index is 0.0704. The summed E-state index contributed by atoms with van der Waals surface area (Å²) in [5.74, 6) is 1.35. The molecule has 5 aliphatic carbocycles. The summed E-state index contributed by atoms with van der Waals surface area (Å²) in [5.41, 5.74) is 0.370. The number of amides is 1. The second kappa shape index (κ2) is 5.47. The Morgan fingerprint density at radius 3 is 2.60 bits per heavy atom. The Balaban J connectivity index is 1.51. The van der Waals surface area contributed by atoms with E-state index in [1.165, 1.54) is 0 Å². The molecule has 1 amide bonds. The van der Waals surface area contributed by atoms with Crippen molar-refractivity contribution in [1.29, 1.82) is 0 Å². The van der Waals surface area contributed by atoms with Crippen LogP contribution in [0.4, 0.5) is 0 Å². The molecule has 3 nitrogen and oxygen atoms in total. The summed E-state index contributed by atoms with van der Waals surface area (Å²) >= 11 is 6.86. The molecule has 5 aliphatic rings. The van der Waals surface area contributed by atoms with Crippen molar-refractivity contribution >= 4 is 17.5 Å². The molecular weight excluding hydrogens is 334 g/mol. The fourth-order valence-corrected chi connectivity index (χ4v) is 6.94. The first-order valence-electron chi connectivity index (χ1n) is 9.72. The van der Waals surface area contributed by atoms with Crippen LogP contribution in [0.2, 0.25) is 0 Å². The first kappa shape index (κ1) is 16.1. The molecule has 0 aromatic heterocycles. The van der Waals surface area contributed by atoms with E-state index in [0.717, 1.165) is 44.1 Å². The van der Waals surface area contributed by atoms with E-state index in [1.807, 2.05) is 18.2 Å². The number of halogens is 1. The Morgan fingerprint density at radius 1 is 1.20 bits per heavy atom. The van der Waals surface area contributed by atoms with Crippen LogP contribution in [0.15, 0.2) is 30.3 Å². The number of alkyl halides is 1. The minimum Gasteiger partial charge on any atom is -0.389 e. The van der Waals surface area contributed by atoms with Gasteiger partial charge in [0.2, 0.25) is 5.91 Å². The molecule has 6 rings (SSSR count). The van der Waals surface area contributed by atoms with Gasteiger partial charge in [-0.1, -0.05) is 30.3 Å². The van der Waals surface area contributed by atoms with Gasteiger partial charge in [0, 0.05) is 16.7 Å². The third kappa shape index (κ3) is 2.71. The van der Waals surface area contributed by atoms with Gasteiger partial charge in [0.1, 0.15) is 0 Å². The Bertz CT molecular complexity index is 690. The van der Waals surface area contributed by atoms with Crippen molar-refractivity contribution in [3.8, 4) is 0 Å². The normalized spacial score (nSPS) is 43.0. The molecule has 4 heteroatoms. The maximum absolute atomic E-state index is 12.6. The number of aliphatic hydroxyl groups is 1. The van der Waals surface area contributed by atoms with E-state index >= 15 is 0 Å². The van der Waals surface area contributed by atoms with Gasteiger partial charge in [0.25, 0.3) is 0 Å². The van der Waals surface area contributed by atoms with Gasteiger partial charge in [-0.2, -0.15) is 0 Å². The number of rotatable bonds is 4. The number of hydrogen-bond donors (Lipinski definition) is 2. The largest absolute Gasteiger partial charge is 0.389 e. The predicted molar refractivity (Wildman–Crippen MR) is 97.1 cm³/mol. The summed E-state index contributed by atoms with van der Waals surface area (Å²) < 4.78 is 0. The number of nitrogens with one attached hydrogen (secondary N) is 1. The molecule has 5 saturated carbocycles. The molecule has 0 unspecified atom stereocenters. The fraction of sp³-hybridized carbons (Fsp3) is 0.667. The van der Waals surface area contributed by atoms with Crippen LogP contribution in [0.1, 0.15) is 56.6 Å². The fourth-order valence-electron chi connectivity index (χ4n) is 6.29. The minimum atomic E-state index is -0.747. The summed E-state index contributed by atoms with van der Waals surface area (Å²) in [4.78, 5) is 12.3. The quantitative estimate of drug-likeness (QED) is 0.803. The van der Waals surface area contributed by atoms with E-state index in [1.54, 1.807) is 0 Å². The van der Waals surface area contributed by atoms with Gasteiger partial charge in [-0.15, -0.1) is 11.6 Å². The molecule has 4 bridgehead atoms. The predicted octanol–water partition coefficient (Wildman–Crippen LogP) is 3.80. The summed E-state index contributed by atoms with van der Waals surface area (Å²) in [5, 5.41) is 14.9. The van der Waals surface area contributed by atoms with Gasteiger partial charge in [-0.05, 0) is 62.3 Å². The summed E-state index contributed by atoms with van der Waals surface area (Å²) in [6, 6.07) is 10.1. The van der Waals surface area contributed by atoms with Crippen LogP contribution in [0.3, 0.4) is 0 Å². The SMILES string of the molecule is O=C(N[C@@H](c1ccccc1)[C@H]1[C@H]2C[C@@H]3C[C@](Cl)(C2)C[C@@]1(O)C3)C1CC1. The van der Waals surface area contributed by atoms with E-state index in [0.29, 0.717) is 18.3 Å². The van der Waals surface area contributed by atoms with Crippen LogP contribution < -0.4 is 5.32 Å². The highest BCUT2D eigenvalue weighted by molar-refractivity contribution is 6.24. The van der Waals surface area contributed by atoms with Gasteiger partial charge in [0.15, 0.2) is 0 Å². The second-order valence-corrected chi connectivity index (χ2v) is 9.90. The van der Waals surface area contributed by atoms with E-state index in [2.05, 4.69) is 17.4 Å². The first-order valence-corrected chi connectivity index (χ1v) is 10.1. The lowest BCUT2D eigenvalue weighted by Crippen LogP contribution is -2.64. The van der Waals surface area contributed by atoms with Crippen molar-refractivity contribution in [3.05, 3.63) is 35.9 Å². The number of hydrogen-bond acceptors (Lipinski definition) is 2. The average molecular weight is 360 g/mol. The highest BCUT2D eigenvalue weighted by Gasteiger charge is 2.63. The summed E-state index contributed by atoms with van der Waals surface area (Å²) in [7, 11) is 0. The highest BCUT2D eigenvalue weighted by Crippen LogP contribution is 2.64. The zero-order valence-corrected chi connectivity index (χ0v) is 15.2. The Morgan fingerprint density at radius 2 is 1.96 bits per heavy atom. The monoisotopic (exact) mass is 359 g/mol. The van der Waals surface area contributed by atoms with Gasteiger partial charge in [0.05, 0.1) is 11.6 Å². The topological polar surface area (TPSA) is 49.3 Å². The molecular formula is C21H26ClNO2. The van der Waals surface area contributed by atoms with Gasteiger partial charge in [-0.25, -0.2) is 0 Å². The van der Waals surface area contributed by atoms with E-state index in [9.17, 15) is 9.90 Å². The van der Waals surface area contributed by atoms with Crippen LogP contribution in [-0.2, 0) is 4.79 Å². The highest BCUT2D eigenvalue weighted by atomic mass is 35.5. The van der Waals surface area contributed by atoms with E-state index < -0.39 is 5.60 Å². The number of carbonyl (C=O) groups is 1. The van der Waals surface area contributed by atoms with Gasteiger partial charge >= 0.3 is 0 Å². The van der Waals surface area contributed by atoms with Crippen LogP contribution in [0.25, 0.3) is 0 Å². The molecule has 134 valence electrons. The average Bonchev–Trinajstić information content (AvgIpc) is 3.36. The smallest absolute Gasteiger partial charge is 0.223 e. The van der Waals surface area contributed by atoms with Gasteiger partial charge < -0.3 is 10.4 Å². The molecule has 0 radical (unpaired) electrons. The van der Waals surface area contributed by atoms with Crippen LogP contribution in [-0.4, -0.2) is 21.5 Å². The third-order valence-electron chi connectivity index (χ3n) is 7.08. The van der Waals surface area contributed by atoms with Crippen molar-refractivity contribution in [2.45, 2.75) is 61.5 Å². The lowest BCUT2D eigenvalue weighted by molar-refractivity contribution is -0.175. The first-order chi connectivity index (χ1) is 12.0. The van der Waals surface area contributed by atoms with Crippen molar-refractivity contribution in [2.24, 2.45) is 23.7 Å². The molecule has 2 N–H and O–H groups in total. The number of carbonyl (C=O) groups excluding carboxylic acids is 1. The Labute approximate surface area is 154 Å². The molecule has 5 fully saturated rings. The maximum atomic E-state index is 12.6. The maximum Gasteiger partial charge on any atom is 0.223 e. The molecule has 0 aliphatic heterocycles. The van der Waals surface area contributed by atoms with E-state index in [-0.39, 0.29) is 28.7 Å². The van der Waals surface area contributed by atoms with Crippen LogP contribution in [0, 0.1) is 23.7 Å². The lowest BCUT2D eigenvalue weighted by atomic mass is 9.47. The Kier molecular flexibility index (Phi) is 3.53. The third-order valence-corrected chi connectivity index (χ3v) is 7.52. The number of benzene rings is 1. The Hall–Kier alpha value is -1.06. The van der Waals surface area contributed by atoms with Crippen molar-refractivity contribution in [3.63, 3.8) is 0 Å². The van der Waals surface area contributed by atoms with Crippen molar-refractivity contribution in [1.82, 2.24) is 5.32 Å². The standard InChI is InChI=1S/C21H26ClNO2/c22-20-9-13-8-16(11-20)17(21(25,10-13)12-20)18(14-4-2-1-3-5-14)23-19(24)15-6-7-15/h1-5,13,15-18,25H,6-12H2,(H,23,24)/t13-,16+,17-,18+,20+,21+/m1/s1. The van der Waals surface area contributed by atoms with E-state index in [4.69, 9.17) is 11.6 Å². The van der Waals surface area contributed by atoms with Gasteiger partial charge in [-0.3, -0.25) is 4.79 Å². The molecule has 1 aromatic carbocycles. The lowest BCUT2D eigenvalue weighted by Gasteiger charge is -2.63. The molecule has 0 heterocycles. The molecule has 1 aromatic rings.